The van der Waals surface area contributed by atoms with Gasteiger partial charge in [-0.1, -0.05) is 15.9 Å². The Morgan fingerprint density at radius 1 is 1.47 bits per heavy atom. The van der Waals surface area contributed by atoms with Crippen LogP contribution in [0.1, 0.15) is 13.8 Å². The summed E-state index contributed by atoms with van der Waals surface area (Å²) in [6, 6.07) is 5.74. The fraction of sp³-hybridized carbons (Fsp3) is 0.417. The molecule has 1 aliphatic rings. The van der Waals surface area contributed by atoms with Gasteiger partial charge in [0.1, 0.15) is 5.54 Å². The van der Waals surface area contributed by atoms with Gasteiger partial charge in [-0.15, -0.1) is 0 Å². The van der Waals surface area contributed by atoms with E-state index in [-0.39, 0.29) is 5.91 Å². The fourth-order valence-corrected chi connectivity index (χ4v) is 2.47. The molecule has 1 saturated heterocycles. The standard InChI is InChI=1S/C12H16BrN3O/c1-12(2)11(17)15-5-6-16(12)10-4-3-8(13)7-9(10)14/h3-4,7H,5-6,14H2,1-2H3,(H,15,17). The summed E-state index contributed by atoms with van der Waals surface area (Å²) in [5.74, 6) is 0.0334. The van der Waals surface area contributed by atoms with Gasteiger partial charge in [0.2, 0.25) is 5.91 Å². The zero-order valence-corrected chi connectivity index (χ0v) is 11.5. The molecule has 3 N–H and O–H groups in total. The van der Waals surface area contributed by atoms with Gasteiger partial charge in [-0.05, 0) is 32.0 Å². The second-order valence-electron chi connectivity index (χ2n) is 4.67. The monoisotopic (exact) mass is 297 g/mol. The van der Waals surface area contributed by atoms with E-state index in [0.717, 1.165) is 16.7 Å². The van der Waals surface area contributed by atoms with E-state index in [9.17, 15) is 4.79 Å². The van der Waals surface area contributed by atoms with E-state index >= 15 is 0 Å². The number of rotatable bonds is 1. The maximum atomic E-state index is 11.9. The van der Waals surface area contributed by atoms with Gasteiger partial charge in [0.15, 0.2) is 0 Å². The summed E-state index contributed by atoms with van der Waals surface area (Å²) in [5, 5.41) is 2.87. The molecule has 1 amide bonds. The van der Waals surface area contributed by atoms with Gasteiger partial charge in [0.05, 0.1) is 11.4 Å². The molecule has 4 nitrogen and oxygen atoms in total. The van der Waals surface area contributed by atoms with Crippen molar-refractivity contribution in [3.05, 3.63) is 22.7 Å². The van der Waals surface area contributed by atoms with Gasteiger partial charge in [0, 0.05) is 17.6 Å². The van der Waals surface area contributed by atoms with E-state index in [0.29, 0.717) is 12.2 Å². The minimum Gasteiger partial charge on any atom is -0.397 e. The Hall–Kier alpha value is -1.23. The summed E-state index contributed by atoms with van der Waals surface area (Å²) in [5.41, 5.74) is 7.04. The molecule has 1 heterocycles. The molecule has 0 atom stereocenters. The first-order valence-corrected chi connectivity index (χ1v) is 6.33. The van der Waals surface area contributed by atoms with Crippen molar-refractivity contribution in [2.45, 2.75) is 19.4 Å². The van der Waals surface area contributed by atoms with Crippen molar-refractivity contribution < 1.29 is 4.79 Å². The lowest BCUT2D eigenvalue weighted by molar-refractivity contribution is -0.126. The predicted molar refractivity (Wildman–Crippen MR) is 73.0 cm³/mol. The third-order valence-corrected chi connectivity index (χ3v) is 3.63. The summed E-state index contributed by atoms with van der Waals surface area (Å²) >= 11 is 3.38. The highest BCUT2D eigenvalue weighted by molar-refractivity contribution is 9.10. The Morgan fingerprint density at radius 2 is 2.18 bits per heavy atom. The van der Waals surface area contributed by atoms with Gasteiger partial charge in [0.25, 0.3) is 0 Å². The number of carbonyl (C=O) groups is 1. The summed E-state index contributed by atoms with van der Waals surface area (Å²) in [7, 11) is 0. The molecule has 1 fully saturated rings. The predicted octanol–water partition coefficient (Wildman–Crippen LogP) is 1.75. The third kappa shape index (κ3) is 2.11. The van der Waals surface area contributed by atoms with Gasteiger partial charge >= 0.3 is 0 Å². The Kier molecular flexibility index (Phi) is 3.03. The number of nitrogen functional groups attached to an aromatic ring is 1. The summed E-state index contributed by atoms with van der Waals surface area (Å²) < 4.78 is 0.943. The van der Waals surface area contributed by atoms with Crippen LogP contribution in [0.25, 0.3) is 0 Å². The van der Waals surface area contributed by atoms with E-state index in [4.69, 9.17) is 5.73 Å². The fourth-order valence-electron chi connectivity index (χ4n) is 2.09. The molecule has 1 aromatic rings. The summed E-state index contributed by atoms with van der Waals surface area (Å²) in [6.07, 6.45) is 0. The molecule has 0 radical (unpaired) electrons. The molecule has 0 bridgehead atoms. The van der Waals surface area contributed by atoms with Crippen molar-refractivity contribution in [3.63, 3.8) is 0 Å². The van der Waals surface area contributed by atoms with Crippen LogP contribution in [0, 0.1) is 0 Å². The molecule has 1 aliphatic heterocycles. The number of carbonyl (C=O) groups excluding carboxylic acids is 1. The minimum atomic E-state index is -0.569. The molecule has 1 aromatic carbocycles. The quantitative estimate of drug-likeness (QED) is 0.777. The van der Waals surface area contributed by atoms with E-state index in [1.807, 2.05) is 36.9 Å². The number of nitrogens with zero attached hydrogens (tertiary/aromatic N) is 1. The first-order valence-electron chi connectivity index (χ1n) is 5.54. The molecule has 5 heteroatoms. The van der Waals surface area contributed by atoms with Crippen LogP contribution in [-0.4, -0.2) is 24.5 Å². The van der Waals surface area contributed by atoms with Crippen LogP contribution >= 0.6 is 15.9 Å². The molecule has 0 aliphatic carbocycles. The third-order valence-electron chi connectivity index (χ3n) is 3.13. The van der Waals surface area contributed by atoms with Crippen molar-refractivity contribution in [1.82, 2.24) is 5.32 Å². The van der Waals surface area contributed by atoms with Crippen LogP contribution < -0.4 is 16.0 Å². The van der Waals surface area contributed by atoms with Gasteiger partial charge in [-0.2, -0.15) is 0 Å². The second kappa shape index (κ2) is 4.22. The number of amides is 1. The van der Waals surface area contributed by atoms with Crippen LogP contribution in [0.5, 0.6) is 0 Å². The topological polar surface area (TPSA) is 58.4 Å². The Balaban J connectivity index is 2.41. The van der Waals surface area contributed by atoms with E-state index in [1.54, 1.807) is 0 Å². The number of hydrogen-bond donors (Lipinski definition) is 2. The zero-order valence-electron chi connectivity index (χ0n) is 9.96. The normalized spacial score (nSPS) is 19.0. The van der Waals surface area contributed by atoms with Crippen LogP contribution in [-0.2, 0) is 4.79 Å². The Morgan fingerprint density at radius 3 is 2.82 bits per heavy atom. The van der Waals surface area contributed by atoms with Crippen molar-refractivity contribution in [3.8, 4) is 0 Å². The number of halogens is 1. The van der Waals surface area contributed by atoms with E-state index in [2.05, 4.69) is 21.2 Å². The van der Waals surface area contributed by atoms with E-state index in [1.165, 1.54) is 0 Å². The van der Waals surface area contributed by atoms with Crippen LogP contribution in [0.15, 0.2) is 22.7 Å². The highest BCUT2D eigenvalue weighted by atomic mass is 79.9. The SMILES string of the molecule is CC1(C)C(=O)NCCN1c1ccc(Br)cc1N. The van der Waals surface area contributed by atoms with E-state index < -0.39 is 5.54 Å². The van der Waals surface area contributed by atoms with Crippen molar-refractivity contribution in [2.24, 2.45) is 0 Å². The molecule has 0 aromatic heterocycles. The highest BCUT2D eigenvalue weighted by Crippen LogP contribution is 2.32. The lowest BCUT2D eigenvalue weighted by Gasteiger charge is -2.43. The number of piperazine rings is 1. The average molecular weight is 298 g/mol. The lowest BCUT2D eigenvalue weighted by Crippen LogP contribution is -2.62. The Bertz CT molecular complexity index is 459. The molecular formula is C12H16BrN3O. The largest absolute Gasteiger partial charge is 0.397 e. The van der Waals surface area contributed by atoms with Gasteiger partial charge < -0.3 is 16.0 Å². The molecule has 2 rings (SSSR count). The number of nitrogens with two attached hydrogens (primary N) is 1. The first kappa shape index (κ1) is 12.2. The number of hydrogen-bond acceptors (Lipinski definition) is 3. The van der Waals surface area contributed by atoms with Crippen LogP contribution in [0.3, 0.4) is 0 Å². The summed E-state index contributed by atoms with van der Waals surface area (Å²) in [4.78, 5) is 13.9. The number of nitrogens with one attached hydrogen (secondary N) is 1. The zero-order chi connectivity index (χ0) is 12.6. The molecule has 92 valence electrons. The number of benzene rings is 1. The lowest BCUT2D eigenvalue weighted by atomic mass is 9.97. The van der Waals surface area contributed by atoms with Crippen molar-refractivity contribution in [2.75, 3.05) is 23.7 Å². The Labute approximate surface area is 109 Å². The van der Waals surface area contributed by atoms with Crippen molar-refractivity contribution >= 4 is 33.2 Å². The summed E-state index contributed by atoms with van der Waals surface area (Å²) in [6.45, 7) is 5.23. The second-order valence-corrected chi connectivity index (χ2v) is 5.59. The van der Waals surface area contributed by atoms with Crippen LogP contribution in [0.4, 0.5) is 11.4 Å². The van der Waals surface area contributed by atoms with Crippen molar-refractivity contribution in [1.29, 1.82) is 0 Å². The molecule has 0 unspecified atom stereocenters. The minimum absolute atomic E-state index is 0.0334. The van der Waals surface area contributed by atoms with Crippen LogP contribution in [0.2, 0.25) is 0 Å². The highest BCUT2D eigenvalue weighted by Gasteiger charge is 2.38. The molecular weight excluding hydrogens is 282 g/mol. The smallest absolute Gasteiger partial charge is 0.245 e. The maximum Gasteiger partial charge on any atom is 0.245 e. The molecule has 17 heavy (non-hydrogen) atoms. The van der Waals surface area contributed by atoms with Gasteiger partial charge in [-0.3, -0.25) is 4.79 Å². The average Bonchev–Trinajstić information content (AvgIpc) is 2.23. The molecule has 0 saturated carbocycles. The first-order chi connectivity index (χ1) is 7.93. The maximum absolute atomic E-state index is 11.9. The number of anilines is 2. The van der Waals surface area contributed by atoms with Gasteiger partial charge in [-0.25, -0.2) is 0 Å². The molecule has 0 spiro atoms.